The number of nitrogens with zero attached hydrogens (tertiary/aromatic N) is 2. The first-order valence-corrected chi connectivity index (χ1v) is 14.5. The molecular formula is C33H35ClN2O4. The molecule has 1 aliphatic heterocycles. The zero-order valence-electron chi connectivity index (χ0n) is 22.9. The SMILES string of the molecule is COC1=Nc2cc(Cl)ccc2C(=O)N(Cc2ccc(C(=O)OC3CCCCCCC3)cc2)[C@@H]1Cc1ccccc1. The lowest BCUT2D eigenvalue weighted by atomic mass is 9.98. The summed E-state index contributed by atoms with van der Waals surface area (Å²) in [4.78, 5) is 33.3. The predicted molar refractivity (Wildman–Crippen MR) is 157 cm³/mol. The van der Waals surface area contributed by atoms with E-state index >= 15 is 0 Å². The van der Waals surface area contributed by atoms with Crippen LogP contribution in [-0.4, -0.2) is 41.9 Å². The summed E-state index contributed by atoms with van der Waals surface area (Å²) in [7, 11) is 1.57. The molecule has 40 heavy (non-hydrogen) atoms. The molecule has 7 heteroatoms. The first-order valence-electron chi connectivity index (χ1n) is 14.1. The second-order valence-corrected chi connectivity index (χ2v) is 11.0. The lowest BCUT2D eigenvalue weighted by Crippen LogP contribution is -2.45. The minimum Gasteiger partial charge on any atom is -0.483 e. The minimum atomic E-state index is -0.435. The molecule has 0 saturated heterocycles. The van der Waals surface area contributed by atoms with Crippen LogP contribution in [0.4, 0.5) is 5.69 Å². The zero-order valence-corrected chi connectivity index (χ0v) is 23.6. The predicted octanol–water partition coefficient (Wildman–Crippen LogP) is 7.55. The Morgan fingerprint density at radius 1 is 0.925 bits per heavy atom. The third-order valence-electron chi connectivity index (χ3n) is 7.69. The number of ether oxygens (including phenoxy) is 2. The molecule has 1 atom stereocenters. The van der Waals surface area contributed by atoms with E-state index in [-0.39, 0.29) is 18.0 Å². The first-order chi connectivity index (χ1) is 19.5. The highest BCUT2D eigenvalue weighted by Crippen LogP contribution is 2.31. The summed E-state index contributed by atoms with van der Waals surface area (Å²) in [6.07, 6.45) is 8.27. The normalized spacial score (nSPS) is 18.1. The van der Waals surface area contributed by atoms with Gasteiger partial charge >= 0.3 is 5.97 Å². The Balaban J connectivity index is 1.39. The van der Waals surface area contributed by atoms with Gasteiger partial charge in [0.1, 0.15) is 12.1 Å². The number of esters is 1. The molecule has 5 rings (SSSR count). The number of methoxy groups -OCH3 is 1. The molecule has 6 nitrogen and oxygen atoms in total. The second-order valence-electron chi connectivity index (χ2n) is 10.5. The highest BCUT2D eigenvalue weighted by atomic mass is 35.5. The maximum Gasteiger partial charge on any atom is 0.338 e. The van der Waals surface area contributed by atoms with Crippen molar-refractivity contribution in [3.8, 4) is 0 Å². The van der Waals surface area contributed by atoms with Gasteiger partial charge in [0.05, 0.1) is 23.9 Å². The molecule has 1 aliphatic carbocycles. The largest absolute Gasteiger partial charge is 0.483 e. The Morgan fingerprint density at radius 2 is 1.62 bits per heavy atom. The summed E-state index contributed by atoms with van der Waals surface area (Å²) in [6.45, 7) is 0.318. The van der Waals surface area contributed by atoms with Gasteiger partial charge in [-0.1, -0.05) is 73.3 Å². The van der Waals surface area contributed by atoms with Crippen molar-refractivity contribution in [1.29, 1.82) is 0 Å². The fourth-order valence-electron chi connectivity index (χ4n) is 5.50. The summed E-state index contributed by atoms with van der Waals surface area (Å²) < 4.78 is 11.6. The molecule has 0 unspecified atom stereocenters. The van der Waals surface area contributed by atoms with Crippen LogP contribution in [0.25, 0.3) is 0 Å². The molecule has 208 valence electrons. The number of amides is 1. The number of benzene rings is 3. The van der Waals surface area contributed by atoms with Gasteiger partial charge in [-0.2, -0.15) is 0 Å². The number of rotatable bonds is 6. The van der Waals surface area contributed by atoms with Crippen LogP contribution in [0.5, 0.6) is 0 Å². The van der Waals surface area contributed by atoms with Crippen molar-refractivity contribution in [1.82, 2.24) is 4.90 Å². The van der Waals surface area contributed by atoms with Gasteiger partial charge in [0.15, 0.2) is 0 Å². The van der Waals surface area contributed by atoms with E-state index in [1.54, 1.807) is 42.3 Å². The third kappa shape index (κ3) is 6.73. The zero-order chi connectivity index (χ0) is 27.9. The fraction of sp³-hybridized carbons (Fsp3) is 0.364. The van der Waals surface area contributed by atoms with Crippen LogP contribution in [-0.2, 0) is 22.4 Å². The number of hydrogen-bond acceptors (Lipinski definition) is 5. The molecule has 1 heterocycles. The molecule has 0 N–H and O–H groups in total. The van der Waals surface area contributed by atoms with Crippen molar-refractivity contribution in [2.45, 2.75) is 70.1 Å². The maximum atomic E-state index is 13.9. The number of halogens is 1. The second kappa shape index (κ2) is 13.1. The Labute approximate surface area is 241 Å². The van der Waals surface area contributed by atoms with Crippen LogP contribution in [0.3, 0.4) is 0 Å². The summed E-state index contributed by atoms with van der Waals surface area (Å²) in [5, 5.41) is 0.501. The number of carbonyl (C=O) groups is 2. The molecule has 3 aromatic carbocycles. The third-order valence-corrected chi connectivity index (χ3v) is 7.93. The molecule has 0 aromatic heterocycles. The number of aliphatic imine (C=N–C) groups is 1. The van der Waals surface area contributed by atoms with E-state index in [0.717, 1.165) is 36.8 Å². The Hall–Kier alpha value is -3.64. The molecule has 0 spiro atoms. The molecule has 2 aliphatic rings. The molecule has 1 saturated carbocycles. The lowest BCUT2D eigenvalue weighted by Gasteiger charge is -2.31. The standard InChI is InChI=1S/C33H35ClN2O4/c1-39-31-30(20-23-10-6-5-7-11-23)36(32(37)28-19-18-26(34)21-29(28)35-31)22-24-14-16-25(17-15-24)33(38)40-27-12-8-3-2-4-9-13-27/h5-7,10-11,14-19,21,27,30H,2-4,8-9,12-13,20,22H2,1H3/t30-/m1/s1. The van der Waals surface area contributed by atoms with Gasteiger partial charge < -0.3 is 14.4 Å². The van der Waals surface area contributed by atoms with Gasteiger partial charge in [0.25, 0.3) is 5.91 Å². The van der Waals surface area contributed by atoms with E-state index in [1.165, 1.54) is 19.3 Å². The van der Waals surface area contributed by atoms with Crippen LogP contribution in [0.2, 0.25) is 5.02 Å². The monoisotopic (exact) mass is 558 g/mol. The van der Waals surface area contributed by atoms with Gasteiger partial charge in [0.2, 0.25) is 5.90 Å². The Morgan fingerprint density at radius 3 is 2.33 bits per heavy atom. The van der Waals surface area contributed by atoms with E-state index in [2.05, 4.69) is 0 Å². The van der Waals surface area contributed by atoms with Gasteiger partial charge in [-0.05, 0) is 67.1 Å². The van der Waals surface area contributed by atoms with Crippen molar-refractivity contribution < 1.29 is 19.1 Å². The summed E-state index contributed by atoms with van der Waals surface area (Å²) >= 11 is 6.25. The molecule has 1 fully saturated rings. The summed E-state index contributed by atoms with van der Waals surface area (Å²) in [5.41, 5.74) is 3.43. The first kappa shape index (κ1) is 27.9. The topological polar surface area (TPSA) is 68.2 Å². The number of carbonyl (C=O) groups excluding carboxylic acids is 2. The molecule has 0 bridgehead atoms. The van der Waals surface area contributed by atoms with E-state index in [0.29, 0.717) is 40.7 Å². The minimum absolute atomic E-state index is 0.0127. The molecular weight excluding hydrogens is 524 g/mol. The van der Waals surface area contributed by atoms with Crippen molar-refractivity contribution in [2.75, 3.05) is 7.11 Å². The smallest absolute Gasteiger partial charge is 0.338 e. The van der Waals surface area contributed by atoms with Crippen LogP contribution in [0.15, 0.2) is 77.8 Å². The average Bonchev–Trinajstić information content (AvgIpc) is 3.05. The highest BCUT2D eigenvalue weighted by Gasteiger charge is 2.34. The summed E-state index contributed by atoms with van der Waals surface area (Å²) in [5.74, 6) is -0.00156. The van der Waals surface area contributed by atoms with Crippen LogP contribution in [0, 0.1) is 0 Å². The van der Waals surface area contributed by atoms with E-state index in [1.807, 2.05) is 42.5 Å². The maximum absolute atomic E-state index is 13.9. The fourth-order valence-corrected chi connectivity index (χ4v) is 5.66. The van der Waals surface area contributed by atoms with E-state index < -0.39 is 6.04 Å². The van der Waals surface area contributed by atoms with Crippen molar-refractivity contribution in [3.05, 3.63) is 100 Å². The lowest BCUT2D eigenvalue weighted by molar-refractivity contribution is 0.0239. The quantitative estimate of drug-likeness (QED) is 0.293. The molecule has 3 aromatic rings. The van der Waals surface area contributed by atoms with Crippen LogP contribution >= 0.6 is 11.6 Å². The number of hydrogen-bond donors (Lipinski definition) is 0. The van der Waals surface area contributed by atoms with Crippen molar-refractivity contribution in [2.24, 2.45) is 4.99 Å². The van der Waals surface area contributed by atoms with Gasteiger partial charge in [-0.25, -0.2) is 9.79 Å². The van der Waals surface area contributed by atoms with Crippen LogP contribution < -0.4 is 0 Å². The van der Waals surface area contributed by atoms with E-state index in [4.69, 9.17) is 26.1 Å². The van der Waals surface area contributed by atoms with Crippen molar-refractivity contribution in [3.63, 3.8) is 0 Å². The summed E-state index contributed by atoms with van der Waals surface area (Å²) in [6, 6.07) is 22.0. The molecule has 0 radical (unpaired) electrons. The Bertz CT molecular complexity index is 1350. The molecule has 1 amide bonds. The van der Waals surface area contributed by atoms with E-state index in [9.17, 15) is 9.59 Å². The van der Waals surface area contributed by atoms with Crippen LogP contribution in [0.1, 0.15) is 76.8 Å². The van der Waals surface area contributed by atoms with Gasteiger partial charge in [0, 0.05) is 18.0 Å². The van der Waals surface area contributed by atoms with Gasteiger partial charge in [-0.3, -0.25) is 4.79 Å². The van der Waals surface area contributed by atoms with Crippen molar-refractivity contribution >= 4 is 35.1 Å². The average molecular weight is 559 g/mol. The number of fused-ring (bicyclic) bond motifs is 1. The van der Waals surface area contributed by atoms with Gasteiger partial charge in [-0.15, -0.1) is 0 Å². The Kier molecular flexibility index (Phi) is 9.17. The highest BCUT2D eigenvalue weighted by molar-refractivity contribution is 6.31.